The Morgan fingerprint density at radius 2 is 2.03 bits per heavy atom. The lowest BCUT2D eigenvalue weighted by molar-refractivity contribution is -0.115. The second-order valence-corrected chi connectivity index (χ2v) is 9.72. The molecule has 0 bridgehead atoms. The van der Waals surface area contributed by atoms with E-state index < -0.39 is 0 Å². The second kappa shape index (κ2) is 8.44. The molecule has 4 rings (SSSR count). The van der Waals surface area contributed by atoms with E-state index in [1.165, 1.54) is 40.6 Å². The van der Waals surface area contributed by atoms with Gasteiger partial charge in [0.15, 0.2) is 0 Å². The lowest BCUT2D eigenvalue weighted by Crippen LogP contribution is -2.35. The van der Waals surface area contributed by atoms with Gasteiger partial charge in [-0.15, -0.1) is 0 Å². The predicted molar refractivity (Wildman–Crippen MR) is 130 cm³/mol. The molecule has 2 aromatic rings. The Morgan fingerprint density at radius 3 is 2.70 bits per heavy atom. The highest BCUT2D eigenvalue weighted by molar-refractivity contribution is 8.26. The summed E-state index contributed by atoms with van der Waals surface area (Å²) in [6.45, 7) is 7.77. The highest BCUT2D eigenvalue weighted by Gasteiger charge is 2.23. The summed E-state index contributed by atoms with van der Waals surface area (Å²) in [6, 6.07) is 11.2. The number of amides is 1. The molecule has 1 saturated heterocycles. The molecule has 4 nitrogen and oxygen atoms in total. The topological polar surface area (TPSA) is 41.6 Å². The Hall–Kier alpha value is -2.31. The number of nitrogens with zero attached hydrogens (tertiary/aromatic N) is 1. The van der Waals surface area contributed by atoms with E-state index in [1.807, 2.05) is 18.2 Å². The molecule has 0 saturated carbocycles. The zero-order valence-corrected chi connectivity index (χ0v) is 19.4. The third kappa shape index (κ3) is 3.98. The molecule has 30 heavy (non-hydrogen) atoms. The van der Waals surface area contributed by atoms with Crippen LogP contribution in [-0.4, -0.2) is 29.9 Å². The van der Waals surface area contributed by atoms with E-state index in [0.717, 1.165) is 29.8 Å². The van der Waals surface area contributed by atoms with Crippen molar-refractivity contribution in [1.82, 2.24) is 5.32 Å². The van der Waals surface area contributed by atoms with Crippen LogP contribution in [0.25, 0.3) is 17.2 Å². The van der Waals surface area contributed by atoms with Crippen molar-refractivity contribution < 1.29 is 9.53 Å². The summed E-state index contributed by atoms with van der Waals surface area (Å²) in [5, 5.41) is 2.67. The maximum absolute atomic E-state index is 12.1. The number of aryl methyl sites for hydroxylation is 2. The standard InChI is InChI=1S/C24H26N2O2S2/c1-14(2)26-9-5-6-17-13-18(15(3)10-20(17)26)19-11-16(7-8-21(19)28-4)12-22-23(27)25-24(29)30-22/h7-8,10-14H,5-6,9H2,1-4H3,(H,25,27,29)/b22-12-. The molecule has 0 spiro atoms. The zero-order valence-electron chi connectivity index (χ0n) is 17.7. The molecule has 0 aromatic heterocycles. The lowest BCUT2D eigenvalue weighted by atomic mass is 9.91. The fourth-order valence-electron chi connectivity index (χ4n) is 4.19. The van der Waals surface area contributed by atoms with Gasteiger partial charge in [-0.3, -0.25) is 4.79 Å². The van der Waals surface area contributed by atoms with Crippen LogP contribution in [-0.2, 0) is 11.2 Å². The number of benzene rings is 2. The Balaban J connectivity index is 1.79. The van der Waals surface area contributed by atoms with Crippen molar-refractivity contribution in [2.75, 3.05) is 18.6 Å². The summed E-state index contributed by atoms with van der Waals surface area (Å²) in [7, 11) is 1.70. The van der Waals surface area contributed by atoms with Gasteiger partial charge in [-0.25, -0.2) is 0 Å². The lowest BCUT2D eigenvalue weighted by Gasteiger charge is -2.35. The third-order valence-electron chi connectivity index (χ3n) is 5.66. The predicted octanol–water partition coefficient (Wildman–Crippen LogP) is 5.32. The summed E-state index contributed by atoms with van der Waals surface area (Å²) >= 11 is 6.40. The number of hydrogen-bond acceptors (Lipinski definition) is 5. The fraction of sp³-hybridized carbons (Fsp3) is 0.333. The molecule has 0 aliphatic carbocycles. The first kappa shape index (κ1) is 20.9. The maximum atomic E-state index is 12.1. The van der Waals surface area contributed by atoms with Gasteiger partial charge in [-0.2, -0.15) is 0 Å². The van der Waals surface area contributed by atoms with E-state index in [1.54, 1.807) is 7.11 Å². The Morgan fingerprint density at radius 1 is 1.23 bits per heavy atom. The van der Waals surface area contributed by atoms with Crippen LogP contribution in [0.15, 0.2) is 35.2 Å². The number of anilines is 1. The van der Waals surface area contributed by atoms with Gasteiger partial charge in [0, 0.05) is 23.8 Å². The van der Waals surface area contributed by atoms with Gasteiger partial charge in [-0.05, 0) is 86.2 Å². The van der Waals surface area contributed by atoms with E-state index in [2.05, 4.69) is 49.2 Å². The molecule has 2 aromatic carbocycles. The molecule has 0 radical (unpaired) electrons. The van der Waals surface area contributed by atoms with Crippen molar-refractivity contribution in [3.05, 3.63) is 51.9 Å². The molecule has 2 aliphatic rings. The number of thioether (sulfide) groups is 1. The van der Waals surface area contributed by atoms with Gasteiger partial charge in [0.05, 0.1) is 12.0 Å². The van der Waals surface area contributed by atoms with E-state index >= 15 is 0 Å². The quantitative estimate of drug-likeness (QED) is 0.517. The zero-order chi connectivity index (χ0) is 21.4. The van der Waals surface area contributed by atoms with Gasteiger partial charge in [0.25, 0.3) is 5.91 Å². The molecule has 156 valence electrons. The van der Waals surface area contributed by atoms with Crippen molar-refractivity contribution >= 4 is 46.0 Å². The first-order chi connectivity index (χ1) is 14.4. The van der Waals surface area contributed by atoms with Crippen LogP contribution in [0, 0.1) is 6.92 Å². The van der Waals surface area contributed by atoms with Crippen molar-refractivity contribution in [2.45, 2.75) is 39.7 Å². The number of hydrogen-bond donors (Lipinski definition) is 1. The molecule has 0 unspecified atom stereocenters. The Labute approximate surface area is 187 Å². The fourth-order valence-corrected chi connectivity index (χ4v) is 5.23. The highest BCUT2D eigenvalue weighted by atomic mass is 32.2. The molecule has 1 N–H and O–H groups in total. The van der Waals surface area contributed by atoms with E-state index in [9.17, 15) is 4.79 Å². The number of carbonyl (C=O) groups is 1. The van der Waals surface area contributed by atoms with E-state index in [4.69, 9.17) is 17.0 Å². The van der Waals surface area contributed by atoms with Crippen LogP contribution < -0.4 is 15.0 Å². The van der Waals surface area contributed by atoms with Crippen LogP contribution >= 0.6 is 24.0 Å². The van der Waals surface area contributed by atoms with Crippen LogP contribution in [0.1, 0.15) is 37.0 Å². The van der Waals surface area contributed by atoms with Gasteiger partial charge >= 0.3 is 0 Å². The van der Waals surface area contributed by atoms with Crippen LogP contribution in [0.4, 0.5) is 5.69 Å². The van der Waals surface area contributed by atoms with Crippen molar-refractivity contribution in [1.29, 1.82) is 0 Å². The molecule has 2 aliphatic heterocycles. The number of thiocarbonyl (C=S) groups is 1. The van der Waals surface area contributed by atoms with Gasteiger partial charge in [0.2, 0.25) is 0 Å². The summed E-state index contributed by atoms with van der Waals surface area (Å²) in [4.78, 5) is 15.2. The highest BCUT2D eigenvalue weighted by Crippen LogP contribution is 2.39. The summed E-state index contributed by atoms with van der Waals surface area (Å²) in [6.07, 6.45) is 4.14. The molecular formula is C24H26N2O2S2. The third-order valence-corrected chi connectivity index (χ3v) is 6.82. The average Bonchev–Trinajstić information content (AvgIpc) is 3.03. The number of fused-ring (bicyclic) bond motifs is 1. The SMILES string of the molecule is COc1ccc(/C=C2\SC(=S)NC2=O)cc1-c1cc2c(cc1C)N(C(C)C)CCC2. The van der Waals surface area contributed by atoms with E-state index in [-0.39, 0.29) is 5.91 Å². The van der Waals surface area contributed by atoms with Crippen LogP contribution in [0.2, 0.25) is 0 Å². The minimum absolute atomic E-state index is 0.138. The van der Waals surface area contributed by atoms with Crippen molar-refractivity contribution in [3.8, 4) is 16.9 Å². The normalized spacial score (nSPS) is 17.5. The number of rotatable bonds is 4. The first-order valence-corrected chi connectivity index (χ1v) is 11.4. The smallest absolute Gasteiger partial charge is 0.263 e. The Bertz CT molecular complexity index is 1060. The molecule has 1 fully saturated rings. The molecular weight excluding hydrogens is 412 g/mol. The number of nitrogens with one attached hydrogen (secondary N) is 1. The van der Waals surface area contributed by atoms with Gasteiger partial charge in [-0.1, -0.05) is 30.0 Å². The van der Waals surface area contributed by atoms with Crippen molar-refractivity contribution in [2.24, 2.45) is 0 Å². The van der Waals surface area contributed by atoms with E-state index in [0.29, 0.717) is 15.3 Å². The largest absolute Gasteiger partial charge is 0.496 e. The summed E-state index contributed by atoms with van der Waals surface area (Å²) in [5.74, 6) is 0.692. The Kier molecular flexibility index (Phi) is 5.89. The van der Waals surface area contributed by atoms with Crippen LogP contribution in [0.3, 0.4) is 0 Å². The maximum Gasteiger partial charge on any atom is 0.263 e. The number of carbonyl (C=O) groups excluding carboxylic acids is 1. The second-order valence-electron chi connectivity index (χ2n) is 8.00. The minimum atomic E-state index is -0.138. The molecule has 2 heterocycles. The summed E-state index contributed by atoms with van der Waals surface area (Å²) in [5.41, 5.74) is 7.13. The molecule has 1 amide bonds. The number of methoxy groups -OCH3 is 1. The minimum Gasteiger partial charge on any atom is -0.496 e. The monoisotopic (exact) mass is 438 g/mol. The van der Waals surface area contributed by atoms with Gasteiger partial charge < -0.3 is 15.0 Å². The van der Waals surface area contributed by atoms with Gasteiger partial charge in [0.1, 0.15) is 10.1 Å². The number of ether oxygens (including phenoxy) is 1. The average molecular weight is 439 g/mol. The summed E-state index contributed by atoms with van der Waals surface area (Å²) < 4.78 is 6.19. The van der Waals surface area contributed by atoms with Crippen LogP contribution in [0.5, 0.6) is 5.75 Å². The van der Waals surface area contributed by atoms with Crippen molar-refractivity contribution in [3.63, 3.8) is 0 Å². The molecule has 6 heteroatoms. The first-order valence-electron chi connectivity index (χ1n) is 10.2. The molecule has 0 atom stereocenters.